The van der Waals surface area contributed by atoms with Gasteiger partial charge in [0, 0.05) is 12.7 Å². The Labute approximate surface area is 120 Å². The summed E-state index contributed by atoms with van der Waals surface area (Å²) in [6.45, 7) is 8.09. The molecular weight excluding hydrogens is 278 g/mol. The van der Waals surface area contributed by atoms with E-state index >= 15 is 0 Å². The maximum atomic E-state index is 12.3. The quantitative estimate of drug-likeness (QED) is 0.511. The Morgan fingerprint density at radius 2 is 2.15 bits per heavy atom. The van der Waals surface area contributed by atoms with E-state index in [1.54, 1.807) is 25.3 Å². The van der Waals surface area contributed by atoms with Crippen molar-refractivity contribution in [2.24, 2.45) is 11.7 Å². The van der Waals surface area contributed by atoms with Crippen LogP contribution in [0, 0.1) is 18.3 Å². The largest absolute Gasteiger partial charge is 0.386 e. The molecule has 8 heteroatoms. The first-order valence-electron chi connectivity index (χ1n) is 6.59. The Morgan fingerprint density at radius 3 is 2.60 bits per heavy atom. The second-order valence-electron chi connectivity index (χ2n) is 5.12. The average Bonchev–Trinajstić information content (AvgIpc) is 2.69. The number of nitrogens with two attached hydrogens (primary N) is 1. The van der Waals surface area contributed by atoms with Gasteiger partial charge in [0.2, 0.25) is 0 Å². The molecule has 0 bridgehead atoms. The molecule has 1 aromatic heterocycles. The fourth-order valence-corrected chi connectivity index (χ4v) is 3.23. The highest BCUT2D eigenvalue weighted by atomic mass is 32.2. The van der Waals surface area contributed by atoms with E-state index in [9.17, 15) is 8.42 Å². The number of imidazole rings is 1. The molecule has 1 rings (SSSR count). The van der Waals surface area contributed by atoms with E-state index in [4.69, 9.17) is 11.1 Å². The Kier molecular flexibility index (Phi) is 5.29. The van der Waals surface area contributed by atoms with Crippen molar-refractivity contribution in [3.63, 3.8) is 0 Å². The number of rotatable bonds is 7. The van der Waals surface area contributed by atoms with Crippen LogP contribution in [-0.4, -0.2) is 29.8 Å². The van der Waals surface area contributed by atoms with Crippen molar-refractivity contribution >= 4 is 15.9 Å². The lowest BCUT2D eigenvalue weighted by Gasteiger charge is -2.19. The zero-order valence-electron chi connectivity index (χ0n) is 12.3. The normalized spacial score (nSPS) is 13.7. The zero-order chi connectivity index (χ0) is 15.5. The molecule has 4 N–H and O–H groups in total. The number of nitrogens with one attached hydrogen (secondary N) is 2. The molecule has 0 aliphatic heterocycles. The third-order valence-corrected chi connectivity index (χ3v) is 4.29. The van der Waals surface area contributed by atoms with Crippen LogP contribution in [0.3, 0.4) is 0 Å². The van der Waals surface area contributed by atoms with Gasteiger partial charge in [-0.1, -0.05) is 20.8 Å². The van der Waals surface area contributed by atoms with Crippen molar-refractivity contribution in [2.75, 3.05) is 0 Å². The number of nitrogens with zero attached hydrogens (tertiary/aromatic N) is 2. The first-order valence-corrected chi connectivity index (χ1v) is 8.07. The van der Waals surface area contributed by atoms with Crippen molar-refractivity contribution in [1.29, 1.82) is 5.41 Å². The summed E-state index contributed by atoms with van der Waals surface area (Å²) >= 11 is 0. The molecule has 0 aromatic carbocycles. The van der Waals surface area contributed by atoms with E-state index in [1.165, 1.54) is 6.20 Å². The lowest BCUT2D eigenvalue weighted by Crippen LogP contribution is -2.47. The minimum absolute atomic E-state index is 0.0321. The molecule has 0 radical (unpaired) electrons. The lowest BCUT2D eigenvalue weighted by molar-refractivity contribution is 0.520. The van der Waals surface area contributed by atoms with E-state index in [1.807, 2.05) is 6.92 Å². The predicted molar refractivity (Wildman–Crippen MR) is 78.1 cm³/mol. The van der Waals surface area contributed by atoms with Crippen LogP contribution >= 0.6 is 0 Å². The number of hydrogen-bond donors (Lipinski definition) is 3. The zero-order valence-corrected chi connectivity index (χ0v) is 13.2. The Morgan fingerprint density at radius 1 is 1.55 bits per heavy atom. The summed E-state index contributed by atoms with van der Waals surface area (Å²) in [5, 5.41) is 7.43. The van der Waals surface area contributed by atoms with Crippen LogP contribution in [0.2, 0.25) is 0 Å². The summed E-state index contributed by atoms with van der Waals surface area (Å²) in [7, 11) is -3.77. The van der Waals surface area contributed by atoms with Gasteiger partial charge in [-0.2, -0.15) is 4.72 Å². The number of sulfonamides is 1. The Balaban J connectivity index is 3.04. The summed E-state index contributed by atoms with van der Waals surface area (Å²) < 4.78 is 28.8. The molecule has 0 saturated heterocycles. The van der Waals surface area contributed by atoms with Crippen LogP contribution in [0.15, 0.2) is 11.2 Å². The maximum Gasteiger partial charge on any atom is 0.260 e. The highest BCUT2D eigenvalue weighted by Crippen LogP contribution is 2.12. The summed E-state index contributed by atoms with van der Waals surface area (Å²) in [5.41, 5.74) is 5.44. The molecule has 1 heterocycles. The van der Waals surface area contributed by atoms with Crippen LogP contribution < -0.4 is 10.5 Å². The van der Waals surface area contributed by atoms with E-state index in [2.05, 4.69) is 9.71 Å². The van der Waals surface area contributed by atoms with Crippen molar-refractivity contribution in [3.05, 3.63) is 12.0 Å². The molecule has 0 aliphatic rings. The number of hydrogen-bond acceptors (Lipinski definition) is 4. The van der Waals surface area contributed by atoms with Gasteiger partial charge in [0.1, 0.15) is 11.7 Å². The van der Waals surface area contributed by atoms with E-state index in [0.717, 1.165) is 6.42 Å². The minimum atomic E-state index is -3.77. The smallest absolute Gasteiger partial charge is 0.260 e. The molecule has 1 unspecified atom stereocenters. The Hall–Kier alpha value is -1.41. The summed E-state index contributed by atoms with van der Waals surface area (Å²) in [5.74, 6) is 0.338. The van der Waals surface area contributed by atoms with Gasteiger partial charge in [0.15, 0.2) is 5.03 Å². The SMILES string of the molecule is CCCn1cc(S(=O)(=O)NC(C(=N)N)C(C)C)nc1C. The summed E-state index contributed by atoms with van der Waals surface area (Å²) in [4.78, 5) is 4.07. The molecule has 0 saturated carbocycles. The van der Waals surface area contributed by atoms with Gasteiger partial charge in [-0.25, -0.2) is 13.4 Å². The fraction of sp³-hybridized carbons (Fsp3) is 0.667. The second kappa shape index (κ2) is 6.36. The summed E-state index contributed by atoms with van der Waals surface area (Å²) in [6.07, 6.45) is 2.41. The molecule has 1 aromatic rings. The molecule has 0 spiro atoms. The number of aryl methyl sites for hydroxylation is 2. The van der Waals surface area contributed by atoms with Gasteiger partial charge in [-0.05, 0) is 19.3 Å². The van der Waals surface area contributed by atoms with Crippen molar-refractivity contribution in [1.82, 2.24) is 14.3 Å². The van der Waals surface area contributed by atoms with Gasteiger partial charge in [-0.15, -0.1) is 0 Å². The second-order valence-corrected chi connectivity index (χ2v) is 6.78. The van der Waals surface area contributed by atoms with Crippen LogP contribution in [0.4, 0.5) is 0 Å². The van der Waals surface area contributed by atoms with Gasteiger partial charge < -0.3 is 10.3 Å². The van der Waals surface area contributed by atoms with Crippen LogP contribution in [0.25, 0.3) is 0 Å². The maximum absolute atomic E-state index is 12.3. The number of aromatic nitrogens is 2. The van der Waals surface area contributed by atoms with Gasteiger partial charge >= 0.3 is 0 Å². The lowest BCUT2D eigenvalue weighted by atomic mass is 10.1. The molecule has 0 fully saturated rings. The van der Waals surface area contributed by atoms with Crippen molar-refractivity contribution < 1.29 is 8.42 Å². The third-order valence-electron chi connectivity index (χ3n) is 2.98. The molecule has 7 nitrogen and oxygen atoms in total. The van der Waals surface area contributed by atoms with Crippen molar-refractivity contribution in [3.8, 4) is 0 Å². The first-order chi connectivity index (χ1) is 9.19. The van der Waals surface area contributed by atoms with Crippen LogP contribution in [0.1, 0.15) is 33.0 Å². The fourth-order valence-electron chi connectivity index (χ4n) is 1.86. The Bertz CT molecular complexity index is 577. The van der Waals surface area contributed by atoms with Crippen molar-refractivity contribution in [2.45, 2.75) is 51.7 Å². The molecule has 1 atom stereocenters. The van der Waals surface area contributed by atoms with E-state index in [-0.39, 0.29) is 16.8 Å². The van der Waals surface area contributed by atoms with E-state index < -0.39 is 16.1 Å². The minimum Gasteiger partial charge on any atom is -0.386 e. The summed E-state index contributed by atoms with van der Waals surface area (Å²) in [6, 6.07) is -0.725. The first kappa shape index (κ1) is 16.6. The van der Waals surface area contributed by atoms with Gasteiger partial charge in [0.05, 0.1) is 6.04 Å². The van der Waals surface area contributed by atoms with Gasteiger partial charge in [-0.3, -0.25) is 5.41 Å². The monoisotopic (exact) mass is 301 g/mol. The van der Waals surface area contributed by atoms with E-state index in [0.29, 0.717) is 12.4 Å². The van der Waals surface area contributed by atoms with Crippen LogP contribution in [0.5, 0.6) is 0 Å². The molecule has 114 valence electrons. The highest BCUT2D eigenvalue weighted by molar-refractivity contribution is 7.89. The van der Waals surface area contributed by atoms with Crippen LogP contribution in [-0.2, 0) is 16.6 Å². The average molecular weight is 301 g/mol. The topological polar surface area (TPSA) is 114 Å². The molecule has 0 aliphatic carbocycles. The highest BCUT2D eigenvalue weighted by Gasteiger charge is 2.26. The molecule has 0 amide bonds. The standard InChI is InChI=1S/C12H23N5O2S/c1-5-6-17-7-10(15-9(17)4)20(18,19)16-11(8(2)3)12(13)14/h7-8,11,16H,5-6H2,1-4H3,(H3,13,14). The molecule has 20 heavy (non-hydrogen) atoms. The van der Waals surface area contributed by atoms with Gasteiger partial charge in [0.25, 0.3) is 10.0 Å². The third kappa shape index (κ3) is 3.80. The predicted octanol–water partition coefficient (Wildman–Crippen LogP) is 0.840. The number of amidine groups is 1. The molecular formula is C12H23N5O2S.